The van der Waals surface area contributed by atoms with E-state index in [4.69, 9.17) is 14.4 Å². The van der Waals surface area contributed by atoms with E-state index in [1.165, 1.54) is 0 Å². The number of hydrogen-bond acceptors (Lipinski definition) is 5. The molecule has 0 fully saturated rings. The van der Waals surface area contributed by atoms with Crippen molar-refractivity contribution in [1.29, 1.82) is 5.26 Å². The molecule has 1 amide bonds. The molecule has 6 heteroatoms. The van der Waals surface area contributed by atoms with Crippen LogP contribution in [0.1, 0.15) is 37.0 Å². The molecule has 0 saturated carbocycles. The van der Waals surface area contributed by atoms with E-state index < -0.39 is 5.63 Å². The van der Waals surface area contributed by atoms with Crippen LogP contribution in [0.15, 0.2) is 21.3 Å². The van der Waals surface area contributed by atoms with Gasteiger partial charge in [0.2, 0.25) is 5.91 Å². The van der Waals surface area contributed by atoms with Crippen molar-refractivity contribution in [1.82, 2.24) is 5.32 Å². The number of carbonyl (C=O) groups excluding carboxylic acids is 1. The van der Waals surface area contributed by atoms with Crippen molar-refractivity contribution in [3.05, 3.63) is 39.2 Å². The molecule has 0 spiro atoms. The standard InChI is InChI=1S/C19H20N2O4/c1-11-13-8-12-4-5-19(2,3)25-15(12)10-16(13)24-18(23)14(11)9-17(22)21-7-6-20/h8,10H,4-5,7,9H2,1-3H3,(H,21,22). The Balaban J connectivity index is 2.04. The summed E-state index contributed by atoms with van der Waals surface area (Å²) in [4.78, 5) is 24.2. The number of nitrogens with zero attached hydrogens (tertiary/aromatic N) is 1. The molecule has 1 aromatic carbocycles. The first-order valence-corrected chi connectivity index (χ1v) is 8.22. The summed E-state index contributed by atoms with van der Waals surface area (Å²) in [5, 5.41) is 11.8. The van der Waals surface area contributed by atoms with Gasteiger partial charge in [0.15, 0.2) is 0 Å². The second-order valence-corrected chi connectivity index (χ2v) is 6.92. The predicted octanol–water partition coefficient (Wildman–Crippen LogP) is 2.39. The Morgan fingerprint density at radius 3 is 2.88 bits per heavy atom. The Hall–Kier alpha value is -2.81. The molecular weight excluding hydrogens is 320 g/mol. The molecule has 1 aliphatic heterocycles. The van der Waals surface area contributed by atoms with Gasteiger partial charge in [0, 0.05) is 11.5 Å². The van der Waals surface area contributed by atoms with Crippen LogP contribution in [0.2, 0.25) is 0 Å². The van der Waals surface area contributed by atoms with E-state index in [2.05, 4.69) is 5.32 Å². The van der Waals surface area contributed by atoms with Gasteiger partial charge in [-0.05, 0) is 50.8 Å². The molecule has 25 heavy (non-hydrogen) atoms. The summed E-state index contributed by atoms with van der Waals surface area (Å²) in [7, 11) is 0. The summed E-state index contributed by atoms with van der Waals surface area (Å²) in [6.45, 7) is 5.79. The molecule has 0 aliphatic carbocycles. The SMILES string of the molecule is Cc1c(CC(=O)NCC#N)c(=O)oc2cc3c(cc12)CCC(C)(C)O3. The number of benzene rings is 1. The molecule has 0 unspecified atom stereocenters. The summed E-state index contributed by atoms with van der Waals surface area (Å²) in [6, 6.07) is 5.58. The maximum absolute atomic E-state index is 12.3. The quantitative estimate of drug-likeness (QED) is 0.684. The normalized spacial score (nSPS) is 15.1. The zero-order chi connectivity index (χ0) is 18.2. The summed E-state index contributed by atoms with van der Waals surface area (Å²) < 4.78 is 11.4. The maximum atomic E-state index is 12.3. The zero-order valence-electron chi connectivity index (χ0n) is 14.6. The molecule has 0 atom stereocenters. The topological polar surface area (TPSA) is 92.3 Å². The number of hydrogen-bond donors (Lipinski definition) is 1. The highest BCUT2D eigenvalue weighted by Crippen LogP contribution is 2.36. The van der Waals surface area contributed by atoms with Gasteiger partial charge >= 0.3 is 5.63 Å². The summed E-state index contributed by atoms with van der Waals surface area (Å²) in [6.07, 6.45) is 1.69. The molecule has 130 valence electrons. The molecule has 1 aromatic heterocycles. The van der Waals surface area contributed by atoms with Crippen molar-refractivity contribution >= 4 is 16.9 Å². The fraction of sp³-hybridized carbons (Fsp3) is 0.421. The van der Waals surface area contributed by atoms with Gasteiger partial charge in [-0.15, -0.1) is 0 Å². The summed E-state index contributed by atoms with van der Waals surface area (Å²) in [5.41, 5.74) is 1.80. The number of rotatable bonds is 3. The molecule has 0 radical (unpaired) electrons. The van der Waals surface area contributed by atoms with Crippen molar-refractivity contribution in [2.75, 3.05) is 6.54 Å². The number of aryl methyl sites for hydroxylation is 2. The third kappa shape index (κ3) is 3.36. The zero-order valence-corrected chi connectivity index (χ0v) is 14.6. The first-order chi connectivity index (χ1) is 11.8. The largest absolute Gasteiger partial charge is 0.487 e. The fourth-order valence-electron chi connectivity index (χ4n) is 3.10. The smallest absolute Gasteiger partial charge is 0.340 e. The summed E-state index contributed by atoms with van der Waals surface area (Å²) in [5.74, 6) is 0.366. The first kappa shape index (κ1) is 17.0. The highest BCUT2D eigenvalue weighted by molar-refractivity contribution is 5.86. The molecule has 2 heterocycles. The van der Waals surface area contributed by atoms with Crippen molar-refractivity contribution < 1.29 is 13.9 Å². The van der Waals surface area contributed by atoms with Gasteiger partial charge in [-0.3, -0.25) is 4.79 Å². The highest BCUT2D eigenvalue weighted by atomic mass is 16.5. The number of nitrogens with one attached hydrogen (secondary N) is 1. The Morgan fingerprint density at radius 1 is 1.40 bits per heavy atom. The van der Waals surface area contributed by atoms with E-state index in [1.807, 2.05) is 32.9 Å². The van der Waals surface area contributed by atoms with Crippen molar-refractivity contribution in [3.8, 4) is 11.8 Å². The third-order valence-electron chi connectivity index (χ3n) is 4.55. The lowest BCUT2D eigenvalue weighted by Crippen LogP contribution is -2.32. The van der Waals surface area contributed by atoms with Gasteiger partial charge in [0.25, 0.3) is 0 Å². The van der Waals surface area contributed by atoms with Crippen LogP contribution in [0, 0.1) is 18.3 Å². The minimum Gasteiger partial charge on any atom is -0.487 e. The van der Waals surface area contributed by atoms with Gasteiger partial charge in [-0.25, -0.2) is 4.79 Å². The van der Waals surface area contributed by atoms with E-state index in [9.17, 15) is 9.59 Å². The van der Waals surface area contributed by atoms with E-state index in [-0.39, 0.29) is 24.5 Å². The van der Waals surface area contributed by atoms with Crippen LogP contribution < -0.4 is 15.7 Å². The van der Waals surface area contributed by atoms with Crippen LogP contribution >= 0.6 is 0 Å². The van der Waals surface area contributed by atoms with Crippen LogP contribution in [-0.4, -0.2) is 18.1 Å². The Labute approximate surface area is 145 Å². The Morgan fingerprint density at radius 2 is 2.16 bits per heavy atom. The minimum atomic E-state index is -0.535. The van der Waals surface area contributed by atoms with E-state index in [1.54, 1.807) is 6.07 Å². The minimum absolute atomic E-state index is 0.0859. The average Bonchev–Trinajstić information content (AvgIpc) is 2.54. The second-order valence-electron chi connectivity index (χ2n) is 6.92. The van der Waals surface area contributed by atoms with Crippen LogP contribution in [0.25, 0.3) is 11.0 Å². The van der Waals surface area contributed by atoms with Crippen LogP contribution in [-0.2, 0) is 17.6 Å². The van der Waals surface area contributed by atoms with Crippen LogP contribution in [0.3, 0.4) is 0 Å². The number of fused-ring (bicyclic) bond motifs is 2. The molecule has 3 rings (SSSR count). The molecule has 0 bridgehead atoms. The fourth-order valence-corrected chi connectivity index (χ4v) is 3.10. The monoisotopic (exact) mass is 340 g/mol. The lowest BCUT2D eigenvalue weighted by molar-refractivity contribution is -0.120. The van der Waals surface area contributed by atoms with Crippen molar-refractivity contribution in [2.24, 2.45) is 0 Å². The number of amides is 1. The Kier molecular flexibility index (Phi) is 4.25. The number of ether oxygens (including phenoxy) is 1. The van der Waals surface area contributed by atoms with Gasteiger partial charge < -0.3 is 14.5 Å². The first-order valence-electron chi connectivity index (χ1n) is 8.22. The highest BCUT2D eigenvalue weighted by Gasteiger charge is 2.27. The lowest BCUT2D eigenvalue weighted by Gasteiger charge is -2.32. The van der Waals surface area contributed by atoms with Gasteiger partial charge in [0.1, 0.15) is 23.5 Å². The molecule has 1 N–H and O–H groups in total. The van der Waals surface area contributed by atoms with Crippen LogP contribution in [0.5, 0.6) is 5.75 Å². The van der Waals surface area contributed by atoms with E-state index >= 15 is 0 Å². The molecule has 6 nitrogen and oxygen atoms in total. The van der Waals surface area contributed by atoms with Gasteiger partial charge in [-0.2, -0.15) is 5.26 Å². The van der Waals surface area contributed by atoms with E-state index in [0.29, 0.717) is 11.1 Å². The number of carbonyl (C=O) groups is 1. The van der Waals surface area contributed by atoms with Gasteiger partial charge in [0.05, 0.1) is 18.1 Å². The molecule has 0 saturated heterocycles. The average molecular weight is 340 g/mol. The number of nitriles is 1. The van der Waals surface area contributed by atoms with Gasteiger partial charge in [-0.1, -0.05) is 0 Å². The Bertz CT molecular complexity index is 951. The predicted molar refractivity (Wildman–Crippen MR) is 92.6 cm³/mol. The second kappa shape index (κ2) is 6.25. The van der Waals surface area contributed by atoms with Crippen molar-refractivity contribution in [3.63, 3.8) is 0 Å². The third-order valence-corrected chi connectivity index (χ3v) is 4.55. The molecular formula is C19H20N2O4. The van der Waals surface area contributed by atoms with E-state index in [0.717, 1.165) is 35.1 Å². The molecule has 2 aromatic rings. The lowest BCUT2D eigenvalue weighted by atomic mass is 9.92. The van der Waals surface area contributed by atoms with Crippen LogP contribution in [0.4, 0.5) is 0 Å². The van der Waals surface area contributed by atoms with Crippen molar-refractivity contribution in [2.45, 2.75) is 45.6 Å². The molecule has 1 aliphatic rings. The maximum Gasteiger partial charge on any atom is 0.340 e. The summed E-state index contributed by atoms with van der Waals surface area (Å²) >= 11 is 0.